The molecule has 4 heteroatoms. The van der Waals surface area contributed by atoms with Crippen LogP contribution in [0.4, 0.5) is 5.69 Å². The highest BCUT2D eigenvalue weighted by Crippen LogP contribution is 2.30. The summed E-state index contributed by atoms with van der Waals surface area (Å²) in [4.78, 5) is 0. The van der Waals surface area contributed by atoms with Crippen molar-refractivity contribution >= 4 is 11.4 Å². The lowest BCUT2D eigenvalue weighted by Crippen LogP contribution is -2.24. The summed E-state index contributed by atoms with van der Waals surface area (Å²) >= 11 is 0. The van der Waals surface area contributed by atoms with Crippen molar-refractivity contribution in [3.63, 3.8) is 0 Å². The fourth-order valence-electron chi connectivity index (χ4n) is 2.98. The first-order chi connectivity index (χ1) is 13.3. The lowest BCUT2D eigenvalue weighted by molar-refractivity contribution is 0.354. The van der Waals surface area contributed by atoms with Crippen molar-refractivity contribution in [3.05, 3.63) is 90.0 Å². The second kappa shape index (κ2) is 7.96. The maximum absolute atomic E-state index is 5.95. The molecule has 1 aliphatic heterocycles. The van der Waals surface area contributed by atoms with E-state index in [9.17, 15) is 0 Å². The molecule has 0 unspecified atom stereocenters. The summed E-state index contributed by atoms with van der Waals surface area (Å²) in [6.07, 6.45) is 0. The second-order valence-corrected chi connectivity index (χ2v) is 6.57. The fourth-order valence-corrected chi connectivity index (χ4v) is 2.98. The Labute approximate surface area is 159 Å². The summed E-state index contributed by atoms with van der Waals surface area (Å²) in [6.45, 7) is 3.55. The van der Waals surface area contributed by atoms with Crippen LogP contribution in [0.25, 0.3) is 0 Å². The van der Waals surface area contributed by atoms with Gasteiger partial charge >= 0.3 is 0 Å². The number of benzene rings is 3. The van der Waals surface area contributed by atoms with Crippen molar-refractivity contribution in [1.29, 1.82) is 0 Å². The molecule has 0 atom stereocenters. The van der Waals surface area contributed by atoms with Gasteiger partial charge in [0.05, 0.1) is 12.2 Å². The minimum absolute atomic E-state index is 0.411. The molecule has 3 aromatic rings. The van der Waals surface area contributed by atoms with E-state index < -0.39 is 0 Å². The van der Waals surface area contributed by atoms with Crippen LogP contribution in [0.5, 0.6) is 11.5 Å². The van der Waals surface area contributed by atoms with Gasteiger partial charge in [0.25, 0.3) is 0 Å². The molecule has 0 N–H and O–H groups in total. The summed E-state index contributed by atoms with van der Waals surface area (Å²) in [5, 5.41) is 6.87. The van der Waals surface area contributed by atoms with Crippen molar-refractivity contribution in [2.45, 2.75) is 13.5 Å². The zero-order chi connectivity index (χ0) is 18.5. The Morgan fingerprint density at radius 1 is 0.815 bits per heavy atom. The minimum atomic E-state index is 0.411. The standard InChI is InChI=1S/C23H22N2O2/c1-18-12-13-22-23(14-18)27-17-20(16-26-22)24-25(21-10-6-3-7-11-21)15-19-8-4-2-5-9-19/h2-14H,15-17H2,1H3/b24-20+. The Morgan fingerprint density at radius 2 is 1.48 bits per heavy atom. The Hall–Kier alpha value is -3.27. The third kappa shape index (κ3) is 4.29. The normalized spacial score (nSPS) is 14.6. The van der Waals surface area contributed by atoms with E-state index in [-0.39, 0.29) is 0 Å². The van der Waals surface area contributed by atoms with E-state index in [4.69, 9.17) is 14.6 Å². The van der Waals surface area contributed by atoms with Gasteiger partial charge in [-0.3, -0.25) is 5.01 Å². The average molecular weight is 358 g/mol. The topological polar surface area (TPSA) is 34.1 Å². The zero-order valence-corrected chi connectivity index (χ0v) is 15.3. The van der Waals surface area contributed by atoms with Crippen LogP contribution in [0.2, 0.25) is 0 Å². The fraction of sp³-hybridized carbons (Fsp3) is 0.174. The smallest absolute Gasteiger partial charge is 0.162 e. The molecule has 4 rings (SSSR count). The number of hydrogen-bond donors (Lipinski definition) is 0. The Bertz CT molecular complexity index is 924. The van der Waals surface area contributed by atoms with Crippen molar-refractivity contribution in [1.82, 2.24) is 0 Å². The van der Waals surface area contributed by atoms with Crippen LogP contribution in [0.1, 0.15) is 11.1 Å². The van der Waals surface area contributed by atoms with Crippen LogP contribution in [0.15, 0.2) is 84.0 Å². The van der Waals surface area contributed by atoms with Crippen LogP contribution in [-0.4, -0.2) is 18.9 Å². The molecule has 0 aliphatic carbocycles. The van der Waals surface area contributed by atoms with Crippen LogP contribution in [0.3, 0.4) is 0 Å². The first-order valence-corrected chi connectivity index (χ1v) is 9.07. The molecule has 0 saturated heterocycles. The summed E-state index contributed by atoms with van der Waals surface area (Å²) in [5.41, 5.74) is 4.22. The second-order valence-electron chi connectivity index (χ2n) is 6.57. The third-order valence-electron chi connectivity index (χ3n) is 4.38. The number of ether oxygens (including phenoxy) is 2. The number of hydrogen-bond acceptors (Lipinski definition) is 4. The highest BCUT2D eigenvalue weighted by molar-refractivity contribution is 5.88. The Kier molecular flexibility index (Phi) is 5.06. The number of anilines is 1. The average Bonchev–Trinajstić information content (AvgIpc) is 2.91. The molecule has 0 fully saturated rings. The molecule has 1 aliphatic rings. The van der Waals surface area contributed by atoms with E-state index in [0.29, 0.717) is 19.8 Å². The zero-order valence-electron chi connectivity index (χ0n) is 15.3. The lowest BCUT2D eigenvalue weighted by Gasteiger charge is -2.21. The molecule has 0 saturated carbocycles. The van der Waals surface area contributed by atoms with Gasteiger partial charge in [0.1, 0.15) is 18.9 Å². The SMILES string of the molecule is Cc1ccc2c(c1)OC/C(=N/N(Cc1ccccc1)c1ccccc1)CO2. The van der Waals surface area contributed by atoms with Gasteiger partial charge in [-0.2, -0.15) is 5.10 Å². The molecule has 0 radical (unpaired) electrons. The van der Waals surface area contributed by atoms with Crippen molar-refractivity contribution in [3.8, 4) is 11.5 Å². The lowest BCUT2D eigenvalue weighted by atomic mass is 10.2. The Balaban J connectivity index is 1.59. The minimum Gasteiger partial charge on any atom is -0.484 e. The van der Waals surface area contributed by atoms with E-state index in [2.05, 4.69) is 24.3 Å². The molecule has 0 amide bonds. The van der Waals surface area contributed by atoms with Crippen LogP contribution >= 0.6 is 0 Å². The molecule has 136 valence electrons. The number of para-hydroxylation sites is 1. The van der Waals surface area contributed by atoms with Gasteiger partial charge in [-0.25, -0.2) is 0 Å². The van der Waals surface area contributed by atoms with Crippen LogP contribution in [-0.2, 0) is 6.54 Å². The van der Waals surface area contributed by atoms with Crippen molar-refractivity contribution in [2.24, 2.45) is 5.10 Å². The van der Waals surface area contributed by atoms with Crippen molar-refractivity contribution < 1.29 is 9.47 Å². The van der Waals surface area contributed by atoms with Gasteiger partial charge in [0, 0.05) is 0 Å². The van der Waals surface area contributed by atoms with Gasteiger partial charge in [-0.1, -0.05) is 54.6 Å². The van der Waals surface area contributed by atoms with E-state index in [1.165, 1.54) is 5.56 Å². The van der Waals surface area contributed by atoms with Gasteiger partial charge in [0.2, 0.25) is 0 Å². The first kappa shape index (κ1) is 17.2. The van der Waals surface area contributed by atoms with Crippen molar-refractivity contribution in [2.75, 3.05) is 18.2 Å². The highest BCUT2D eigenvalue weighted by atomic mass is 16.5. The number of fused-ring (bicyclic) bond motifs is 1. The van der Waals surface area contributed by atoms with E-state index in [1.54, 1.807) is 0 Å². The van der Waals surface area contributed by atoms with E-state index in [1.807, 2.05) is 66.5 Å². The summed E-state index contributed by atoms with van der Waals surface area (Å²) < 4.78 is 11.9. The molecule has 27 heavy (non-hydrogen) atoms. The first-order valence-electron chi connectivity index (χ1n) is 9.07. The number of nitrogens with zero attached hydrogens (tertiary/aromatic N) is 2. The van der Waals surface area contributed by atoms with Gasteiger partial charge in [-0.15, -0.1) is 0 Å². The Morgan fingerprint density at radius 3 is 2.22 bits per heavy atom. The molecular formula is C23H22N2O2. The molecule has 0 bridgehead atoms. The maximum Gasteiger partial charge on any atom is 0.162 e. The molecule has 1 heterocycles. The maximum atomic E-state index is 5.95. The number of rotatable bonds is 4. The third-order valence-corrected chi connectivity index (χ3v) is 4.38. The number of hydrazone groups is 1. The summed E-state index contributed by atoms with van der Waals surface area (Å²) in [6, 6.07) is 26.5. The molecular weight excluding hydrogens is 336 g/mol. The molecule has 0 spiro atoms. The predicted molar refractivity (Wildman–Crippen MR) is 109 cm³/mol. The monoisotopic (exact) mass is 358 g/mol. The predicted octanol–water partition coefficient (Wildman–Crippen LogP) is 4.83. The largest absolute Gasteiger partial charge is 0.484 e. The van der Waals surface area contributed by atoms with E-state index >= 15 is 0 Å². The number of aryl methyl sites for hydroxylation is 1. The summed E-state index contributed by atoms with van der Waals surface area (Å²) in [7, 11) is 0. The van der Waals surface area contributed by atoms with Gasteiger partial charge < -0.3 is 9.47 Å². The van der Waals surface area contributed by atoms with Gasteiger partial charge in [0.15, 0.2) is 11.5 Å². The quantitative estimate of drug-likeness (QED) is 0.627. The molecule has 0 aromatic heterocycles. The van der Waals surface area contributed by atoms with E-state index in [0.717, 1.165) is 28.5 Å². The molecule has 4 nitrogen and oxygen atoms in total. The van der Waals surface area contributed by atoms with Crippen LogP contribution in [0, 0.1) is 6.92 Å². The summed E-state index contributed by atoms with van der Waals surface area (Å²) in [5.74, 6) is 1.54. The van der Waals surface area contributed by atoms with Gasteiger partial charge in [-0.05, 0) is 42.3 Å². The molecule has 3 aromatic carbocycles. The van der Waals surface area contributed by atoms with Crippen LogP contribution < -0.4 is 14.5 Å². The highest BCUT2D eigenvalue weighted by Gasteiger charge is 2.16.